The van der Waals surface area contributed by atoms with Gasteiger partial charge >= 0.3 is 0 Å². The van der Waals surface area contributed by atoms with E-state index in [1.54, 1.807) is 4.90 Å². The van der Waals surface area contributed by atoms with Crippen molar-refractivity contribution in [1.82, 2.24) is 10.2 Å². The van der Waals surface area contributed by atoms with Gasteiger partial charge in [0, 0.05) is 13.1 Å². The lowest BCUT2D eigenvalue weighted by atomic mass is 10.2. The Hall–Kier alpha value is -0.650. The average molecular weight is 216 g/mol. The Bertz CT molecular complexity index is 211. The molecule has 1 amide bonds. The summed E-state index contributed by atoms with van der Waals surface area (Å²) in [4.78, 5) is 13.4. The van der Waals surface area contributed by atoms with Crippen molar-refractivity contribution in [2.24, 2.45) is 0 Å². The zero-order valence-corrected chi connectivity index (χ0v) is 9.40. The molecule has 0 spiro atoms. The maximum absolute atomic E-state index is 11.7. The average Bonchev–Trinajstić information content (AvgIpc) is 2.24. The van der Waals surface area contributed by atoms with Gasteiger partial charge in [-0.1, -0.05) is 6.92 Å². The number of morpholine rings is 1. The van der Waals surface area contributed by atoms with E-state index in [-0.39, 0.29) is 24.7 Å². The Morgan fingerprint density at radius 2 is 2.33 bits per heavy atom. The van der Waals surface area contributed by atoms with Gasteiger partial charge in [0.15, 0.2) is 0 Å². The van der Waals surface area contributed by atoms with Crippen LogP contribution in [0, 0.1) is 0 Å². The normalized spacial score (nSPS) is 26.7. The van der Waals surface area contributed by atoms with Gasteiger partial charge < -0.3 is 20.1 Å². The highest BCUT2D eigenvalue weighted by Gasteiger charge is 2.27. The van der Waals surface area contributed by atoms with Crippen LogP contribution in [-0.2, 0) is 9.53 Å². The molecule has 0 aliphatic carbocycles. The smallest absolute Gasteiger partial charge is 0.236 e. The van der Waals surface area contributed by atoms with Crippen molar-refractivity contribution in [1.29, 1.82) is 0 Å². The molecular weight excluding hydrogens is 196 g/mol. The molecule has 5 nitrogen and oxygen atoms in total. The van der Waals surface area contributed by atoms with Crippen molar-refractivity contribution < 1.29 is 14.6 Å². The summed E-state index contributed by atoms with van der Waals surface area (Å²) < 4.78 is 5.46. The summed E-state index contributed by atoms with van der Waals surface area (Å²) in [5, 5.41) is 12.0. The van der Waals surface area contributed by atoms with Crippen molar-refractivity contribution in [2.75, 3.05) is 32.8 Å². The Morgan fingerprint density at radius 3 is 2.93 bits per heavy atom. The van der Waals surface area contributed by atoms with Crippen LogP contribution in [0.1, 0.15) is 13.8 Å². The minimum atomic E-state index is -0.237. The van der Waals surface area contributed by atoms with Crippen molar-refractivity contribution in [2.45, 2.75) is 26.1 Å². The lowest BCUT2D eigenvalue weighted by Gasteiger charge is -2.36. The van der Waals surface area contributed by atoms with Gasteiger partial charge in [0.25, 0.3) is 0 Å². The highest BCUT2D eigenvalue weighted by Crippen LogP contribution is 2.10. The summed E-state index contributed by atoms with van der Waals surface area (Å²) in [5.41, 5.74) is 0. The molecule has 0 aromatic carbocycles. The second-order valence-corrected chi connectivity index (χ2v) is 3.83. The van der Waals surface area contributed by atoms with E-state index in [1.165, 1.54) is 0 Å². The fourth-order valence-electron chi connectivity index (χ4n) is 1.69. The number of rotatable bonds is 4. The van der Waals surface area contributed by atoms with Gasteiger partial charge in [-0.3, -0.25) is 4.79 Å². The molecule has 2 unspecified atom stereocenters. The first-order valence-corrected chi connectivity index (χ1v) is 5.42. The number of hydrogen-bond donors (Lipinski definition) is 2. The van der Waals surface area contributed by atoms with Crippen LogP contribution in [0.2, 0.25) is 0 Å². The van der Waals surface area contributed by atoms with Gasteiger partial charge in [-0.15, -0.1) is 0 Å². The third-order valence-electron chi connectivity index (χ3n) is 2.41. The first-order valence-electron chi connectivity index (χ1n) is 5.42. The van der Waals surface area contributed by atoms with Gasteiger partial charge in [-0.25, -0.2) is 0 Å². The monoisotopic (exact) mass is 216 g/mol. The molecule has 1 saturated heterocycles. The van der Waals surface area contributed by atoms with E-state index in [9.17, 15) is 4.79 Å². The quantitative estimate of drug-likeness (QED) is 0.646. The predicted molar refractivity (Wildman–Crippen MR) is 56.5 cm³/mol. The fourth-order valence-corrected chi connectivity index (χ4v) is 1.69. The number of ether oxygens (including phenoxy) is 1. The molecule has 1 aliphatic heterocycles. The molecule has 1 heterocycles. The first-order chi connectivity index (χ1) is 7.17. The molecule has 1 aliphatic rings. The number of carbonyl (C=O) groups is 1. The SMILES string of the molecule is CCNCC(=O)N1CC(C)OC(CO)C1. The summed E-state index contributed by atoms with van der Waals surface area (Å²) in [6, 6.07) is 0. The summed E-state index contributed by atoms with van der Waals surface area (Å²) in [6.07, 6.45) is -0.235. The molecule has 0 aromatic heterocycles. The van der Waals surface area contributed by atoms with Gasteiger partial charge in [-0.05, 0) is 13.5 Å². The second kappa shape index (κ2) is 6.05. The lowest BCUT2D eigenvalue weighted by Crippen LogP contribution is -2.52. The summed E-state index contributed by atoms with van der Waals surface area (Å²) in [5.74, 6) is 0.0745. The molecule has 5 heteroatoms. The molecule has 0 bridgehead atoms. The highest BCUT2D eigenvalue weighted by molar-refractivity contribution is 5.78. The van der Waals surface area contributed by atoms with Crippen LogP contribution in [0.25, 0.3) is 0 Å². The molecule has 88 valence electrons. The van der Waals surface area contributed by atoms with E-state index in [1.807, 2.05) is 13.8 Å². The Kier molecular flexibility index (Phi) is 5.01. The Labute approximate surface area is 90.4 Å². The number of carbonyl (C=O) groups excluding carboxylic acids is 1. The zero-order chi connectivity index (χ0) is 11.3. The van der Waals surface area contributed by atoms with Gasteiger partial charge in [0.05, 0.1) is 25.4 Å². The van der Waals surface area contributed by atoms with Gasteiger partial charge in [0.1, 0.15) is 0 Å². The van der Waals surface area contributed by atoms with Crippen LogP contribution >= 0.6 is 0 Å². The van der Waals surface area contributed by atoms with E-state index in [0.717, 1.165) is 6.54 Å². The van der Waals surface area contributed by atoms with E-state index in [2.05, 4.69) is 5.32 Å². The molecule has 0 radical (unpaired) electrons. The molecule has 0 saturated carbocycles. The van der Waals surface area contributed by atoms with Crippen LogP contribution in [0.3, 0.4) is 0 Å². The number of nitrogens with zero attached hydrogens (tertiary/aromatic N) is 1. The largest absolute Gasteiger partial charge is 0.394 e. The van der Waals surface area contributed by atoms with E-state index in [0.29, 0.717) is 19.6 Å². The van der Waals surface area contributed by atoms with Crippen LogP contribution < -0.4 is 5.32 Å². The van der Waals surface area contributed by atoms with Crippen LogP contribution in [0.4, 0.5) is 0 Å². The molecule has 2 N–H and O–H groups in total. The van der Waals surface area contributed by atoms with Crippen LogP contribution in [0.15, 0.2) is 0 Å². The number of aliphatic hydroxyl groups is 1. The van der Waals surface area contributed by atoms with Crippen molar-refractivity contribution in [3.8, 4) is 0 Å². The third kappa shape index (κ3) is 3.77. The number of likely N-dealkylation sites (N-methyl/N-ethyl adjacent to an activating group) is 1. The standard InChI is InChI=1S/C10H20N2O3/c1-3-11-4-10(14)12-5-8(2)15-9(6-12)7-13/h8-9,11,13H,3-7H2,1-2H3. The lowest BCUT2D eigenvalue weighted by molar-refractivity contribution is -0.146. The minimum absolute atomic E-state index is 0.00137. The topological polar surface area (TPSA) is 61.8 Å². The maximum atomic E-state index is 11.7. The highest BCUT2D eigenvalue weighted by atomic mass is 16.5. The number of hydrogen-bond acceptors (Lipinski definition) is 4. The van der Waals surface area contributed by atoms with Crippen LogP contribution in [-0.4, -0.2) is 60.9 Å². The van der Waals surface area contributed by atoms with Gasteiger partial charge in [-0.2, -0.15) is 0 Å². The zero-order valence-electron chi connectivity index (χ0n) is 9.40. The minimum Gasteiger partial charge on any atom is -0.394 e. The third-order valence-corrected chi connectivity index (χ3v) is 2.41. The molecular formula is C10H20N2O3. The first kappa shape index (κ1) is 12.4. The molecule has 1 fully saturated rings. The number of amides is 1. The molecule has 15 heavy (non-hydrogen) atoms. The summed E-state index contributed by atoms with van der Waals surface area (Å²) >= 11 is 0. The maximum Gasteiger partial charge on any atom is 0.236 e. The van der Waals surface area contributed by atoms with Gasteiger partial charge in [0.2, 0.25) is 5.91 Å². The van der Waals surface area contributed by atoms with Crippen molar-refractivity contribution >= 4 is 5.91 Å². The summed E-state index contributed by atoms with van der Waals surface area (Å²) in [6.45, 7) is 6.10. The van der Waals surface area contributed by atoms with Crippen LogP contribution in [0.5, 0.6) is 0 Å². The van der Waals surface area contributed by atoms with Crippen molar-refractivity contribution in [3.05, 3.63) is 0 Å². The Morgan fingerprint density at radius 1 is 1.60 bits per heavy atom. The van der Waals surface area contributed by atoms with E-state index >= 15 is 0 Å². The molecule has 0 aromatic rings. The molecule has 1 rings (SSSR count). The summed E-state index contributed by atoms with van der Waals surface area (Å²) in [7, 11) is 0. The molecule has 2 atom stereocenters. The second-order valence-electron chi connectivity index (χ2n) is 3.83. The van der Waals surface area contributed by atoms with E-state index in [4.69, 9.17) is 9.84 Å². The number of nitrogens with one attached hydrogen (secondary N) is 1. The fraction of sp³-hybridized carbons (Fsp3) is 0.900. The number of aliphatic hydroxyl groups excluding tert-OH is 1. The Balaban J connectivity index is 2.42. The predicted octanol–water partition coefficient (Wildman–Crippen LogP) is -0.796. The van der Waals surface area contributed by atoms with E-state index < -0.39 is 0 Å². The van der Waals surface area contributed by atoms with Crippen molar-refractivity contribution in [3.63, 3.8) is 0 Å².